The minimum absolute atomic E-state index is 0.0314. The second-order valence-electron chi connectivity index (χ2n) is 3.76. The monoisotopic (exact) mass is 236 g/mol. The summed E-state index contributed by atoms with van der Waals surface area (Å²) in [7, 11) is 0. The Bertz CT molecular complexity index is 367. The first kappa shape index (κ1) is 12.9. The molecule has 4 heteroatoms. The lowest BCUT2D eigenvalue weighted by atomic mass is 10.2. The van der Waals surface area contributed by atoms with E-state index in [4.69, 9.17) is 5.26 Å². The summed E-state index contributed by atoms with van der Waals surface area (Å²) in [5.74, 6) is 0.109. The Hall–Kier alpha value is -1.18. The molecule has 1 atom stereocenters. The lowest BCUT2D eigenvalue weighted by Gasteiger charge is -2.20. The van der Waals surface area contributed by atoms with Crippen molar-refractivity contribution in [1.29, 1.82) is 5.26 Å². The molecule has 1 unspecified atom stereocenters. The van der Waals surface area contributed by atoms with Crippen molar-refractivity contribution >= 4 is 17.1 Å². The molecule has 3 nitrogen and oxygen atoms in total. The van der Waals surface area contributed by atoms with Crippen molar-refractivity contribution in [3.05, 3.63) is 22.4 Å². The third-order valence-electron chi connectivity index (χ3n) is 2.36. The number of ketones is 1. The molecule has 0 amide bonds. The zero-order chi connectivity index (χ0) is 12.0. The summed E-state index contributed by atoms with van der Waals surface area (Å²) >= 11 is 1.47. The molecular weight excluding hydrogens is 220 g/mol. The third-order valence-corrected chi connectivity index (χ3v) is 3.27. The van der Waals surface area contributed by atoms with Crippen LogP contribution in [0.2, 0.25) is 0 Å². The highest BCUT2D eigenvalue weighted by atomic mass is 32.1. The van der Waals surface area contributed by atoms with Crippen molar-refractivity contribution in [1.82, 2.24) is 4.90 Å². The van der Waals surface area contributed by atoms with Crippen LogP contribution in [0.5, 0.6) is 0 Å². The number of carbonyl (C=O) groups is 1. The van der Waals surface area contributed by atoms with Crippen molar-refractivity contribution < 1.29 is 4.79 Å². The predicted octanol–water partition coefficient (Wildman–Crippen LogP) is 2.41. The molecule has 1 heterocycles. The van der Waals surface area contributed by atoms with Crippen molar-refractivity contribution in [3.63, 3.8) is 0 Å². The van der Waals surface area contributed by atoms with Gasteiger partial charge in [0.1, 0.15) is 0 Å². The smallest absolute Gasteiger partial charge is 0.186 e. The van der Waals surface area contributed by atoms with Crippen LogP contribution in [0.4, 0.5) is 0 Å². The number of likely N-dealkylation sites (N-methyl/N-ethyl adjacent to an activating group) is 1. The summed E-state index contributed by atoms with van der Waals surface area (Å²) in [5.41, 5.74) is 0. The van der Waals surface area contributed by atoms with Crippen molar-refractivity contribution in [2.75, 3.05) is 19.6 Å². The maximum absolute atomic E-state index is 11.8. The molecule has 86 valence electrons. The van der Waals surface area contributed by atoms with Gasteiger partial charge in [-0.2, -0.15) is 5.26 Å². The molecule has 16 heavy (non-hydrogen) atoms. The predicted molar refractivity (Wildman–Crippen MR) is 65.5 cm³/mol. The van der Waals surface area contributed by atoms with E-state index in [1.54, 1.807) is 0 Å². The van der Waals surface area contributed by atoms with E-state index >= 15 is 0 Å². The van der Waals surface area contributed by atoms with E-state index in [0.717, 1.165) is 11.4 Å². The molecule has 0 aliphatic carbocycles. The van der Waals surface area contributed by atoms with Crippen molar-refractivity contribution in [3.8, 4) is 6.07 Å². The molecule has 0 spiro atoms. The summed E-state index contributed by atoms with van der Waals surface area (Å²) in [6.07, 6.45) is 0. The highest BCUT2D eigenvalue weighted by Gasteiger charge is 2.14. The second-order valence-corrected chi connectivity index (χ2v) is 4.71. The van der Waals surface area contributed by atoms with E-state index in [1.807, 2.05) is 36.3 Å². The number of hydrogen-bond acceptors (Lipinski definition) is 4. The Kier molecular flexibility index (Phi) is 5.17. The van der Waals surface area contributed by atoms with Gasteiger partial charge in [0.2, 0.25) is 0 Å². The van der Waals surface area contributed by atoms with Crippen LogP contribution in [-0.4, -0.2) is 30.3 Å². The van der Waals surface area contributed by atoms with E-state index < -0.39 is 0 Å². The van der Waals surface area contributed by atoms with Gasteiger partial charge in [-0.05, 0) is 24.9 Å². The maximum atomic E-state index is 11.8. The summed E-state index contributed by atoms with van der Waals surface area (Å²) < 4.78 is 0. The molecule has 0 aliphatic rings. The van der Waals surface area contributed by atoms with Gasteiger partial charge in [0.25, 0.3) is 0 Å². The van der Waals surface area contributed by atoms with Crippen LogP contribution in [0.3, 0.4) is 0 Å². The molecule has 0 aromatic carbocycles. The summed E-state index contributed by atoms with van der Waals surface area (Å²) in [6.45, 7) is 5.74. The van der Waals surface area contributed by atoms with Crippen LogP contribution >= 0.6 is 11.3 Å². The van der Waals surface area contributed by atoms with Gasteiger partial charge in [0.15, 0.2) is 5.78 Å². The van der Waals surface area contributed by atoms with E-state index in [1.165, 1.54) is 11.3 Å². The number of hydrogen-bond donors (Lipinski definition) is 0. The maximum Gasteiger partial charge on any atom is 0.186 e. The first-order valence-electron chi connectivity index (χ1n) is 5.36. The molecular formula is C12H16N2OS. The molecule has 1 aromatic heterocycles. The normalized spacial score (nSPS) is 12.4. The zero-order valence-electron chi connectivity index (χ0n) is 9.64. The Labute approximate surface area is 100 Å². The van der Waals surface area contributed by atoms with Gasteiger partial charge in [0, 0.05) is 6.54 Å². The standard InChI is InChI=1S/C12H16N2OS/c1-3-14(8-10(2)7-13)9-11(15)12-5-4-6-16-12/h4-6,10H,3,8-9H2,1-2H3. The van der Waals surface area contributed by atoms with E-state index in [9.17, 15) is 4.79 Å². The van der Waals surface area contributed by atoms with Crippen LogP contribution in [0, 0.1) is 17.2 Å². The largest absolute Gasteiger partial charge is 0.295 e. The average Bonchev–Trinajstić information content (AvgIpc) is 2.81. The van der Waals surface area contributed by atoms with Gasteiger partial charge in [-0.3, -0.25) is 9.69 Å². The molecule has 0 saturated heterocycles. The first-order valence-corrected chi connectivity index (χ1v) is 6.24. The fourth-order valence-electron chi connectivity index (χ4n) is 1.45. The van der Waals surface area contributed by atoms with Gasteiger partial charge < -0.3 is 0 Å². The third kappa shape index (κ3) is 3.76. The SMILES string of the molecule is CCN(CC(=O)c1cccs1)CC(C)C#N. The van der Waals surface area contributed by atoms with E-state index in [2.05, 4.69) is 6.07 Å². The van der Waals surface area contributed by atoms with Crippen LogP contribution in [0.1, 0.15) is 23.5 Å². The van der Waals surface area contributed by atoms with Crippen molar-refractivity contribution in [2.45, 2.75) is 13.8 Å². The van der Waals surface area contributed by atoms with Gasteiger partial charge in [-0.25, -0.2) is 0 Å². The Morgan fingerprint density at radius 2 is 2.44 bits per heavy atom. The number of carbonyl (C=O) groups excluding carboxylic acids is 1. The van der Waals surface area contributed by atoms with E-state index in [-0.39, 0.29) is 11.7 Å². The van der Waals surface area contributed by atoms with Gasteiger partial charge in [-0.1, -0.05) is 13.0 Å². The first-order chi connectivity index (χ1) is 7.67. The summed E-state index contributed by atoms with van der Waals surface area (Å²) in [6, 6.07) is 5.91. The Morgan fingerprint density at radius 1 is 1.69 bits per heavy atom. The second kappa shape index (κ2) is 6.41. The number of rotatable bonds is 6. The van der Waals surface area contributed by atoms with Crippen LogP contribution in [0.25, 0.3) is 0 Å². The highest BCUT2D eigenvalue weighted by molar-refractivity contribution is 7.12. The van der Waals surface area contributed by atoms with Gasteiger partial charge in [-0.15, -0.1) is 11.3 Å². The summed E-state index contributed by atoms with van der Waals surface area (Å²) in [5, 5.41) is 10.6. The topological polar surface area (TPSA) is 44.1 Å². The zero-order valence-corrected chi connectivity index (χ0v) is 10.5. The van der Waals surface area contributed by atoms with Gasteiger partial charge >= 0.3 is 0 Å². The van der Waals surface area contributed by atoms with Crippen molar-refractivity contribution in [2.24, 2.45) is 5.92 Å². The fraction of sp³-hybridized carbons (Fsp3) is 0.500. The Balaban J connectivity index is 2.51. The molecule has 0 saturated carbocycles. The quantitative estimate of drug-likeness (QED) is 0.712. The number of nitrogens with zero attached hydrogens (tertiary/aromatic N) is 2. The highest BCUT2D eigenvalue weighted by Crippen LogP contribution is 2.10. The number of Topliss-reactive ketones (excluding diaryl/α,β-unsaturated/α-hetero) is 1. The lowest BCUT2D eigenvalue weighted by Crippen LogP contribution is -2.33. The molecule has 0 N–H and O–H groups in total. The lowest BCUT2D eigenvalue weighted by molar-refractivity contribution is 0.0933. The van der Waals surface area contributed by atoms with Gasteiger partial charge in [0.05, 0.1) is 23.4 Å². The van der Waals surface area contributed by atoms with Crippen LogP contribution in [0.15, 0.2) is 17.5 Å². The summed E-state index contributed by atoms with van der Waals surface area (Å²) in [4.78, 5) is 14.6. The molecule has 1 rings (SSSR count). The molecule has 0 fully saturated rings. The minimum Gasteiger partial charge on any atom is -0.295 e. The number of nitriles is 1. The van der Waals surface area contributed by atoms with E-state index in [0.29, 0.717) is 13.1 Å². The number of thiophene rings is 1. The van der Waals surface area contributed by atoms with Crippen LogP contribution < -0.4 is 0 Å². The average molecular weight is 236 g/mol. The van der Waals surface area contributed by atoms with Crippen LogP contribution in [-0.2, 0) is 0 Å². The molecule has 0 aliphatic heterocycles. The molecule has 0 radical (unpaired) electrons. The molecule has 1 aromatic rings. The Morgan fingerprint density at radius 3 is 2.94 bits per heavy atom. The fourth-order valence-corrected chi connectivity index (χ4v) is 2.11. The molecule has 0 bridgehead atoms. The minimum atomic E-state index is -0.0314.